The van der Waals surface area contributed by atoms with E-state index in [9.17, 15) is 23.1 Å². The summed E-state index contributed by atoms with van der Waals surface area (Å²) in [5.74, 6) is -3.82. The van der Waals surface area contributed by atoms with Crippen LogP contribution in [0.5, 0.6) is 11.5 Å². The molecule has 0 spiro atoms. The minimum absolute atomic E-state index is 0.00532. The van der Waals surface area contributed by atoms with Crippen LogP contribution in [0.2, 0.25) is 0 Å². The second kappa shape index (κ2) is 8.90. The van der Waals surface area contributed by atoms with Crippen molar-refractivity contribution in [3.63, 3.8) is 0 Å². The number of aryl methyl sites for hydroxylation is 2. The number of rotatable bonds is 7. The number of hydrogen-bond donors (Lipinski definition) is 2. The Bertz CT molecular complexity index is 1100. The van der Waals surface area contributed by atoms with Crippen molar-refractivity contribution in [1.29, 1.82) is 0 Å². The molecule has 0 aliphatic heterocycles. The Hall–Kier alpha value is -3.48. The molecule has 0 aliphatic rings. The lowest BCUT2D eigenvalue weighted by Gasteiger charge is -2.13. The minimum atomic E-state index is -1.28. The Morgan fingerprint density at radius 3 is 2.47 bits per heavy atom. The van der Waals surface area contributed by atoms with Gasteiger partial charge in [-0.3, -0.25) is 0 Å². The Morgan fingerprint density at radius 2 is 1.77 bits per heavy atom. The second-order valence-corrected chi connectivity index (χ2v) is 6.83. The molecule has 0 saturated heterocycles. The van der Waals surface area contributed by atoms with Gasteiger partial charge in [0.25, 0.3) is 0 Å². The smallest absolute Gasteiger partial charge is 0.341 e. The molecule has 0 atom stereocenters. The third-order valence-electron chi connectivity index (χ3n) is 4.68. The summed E-state index contributed by atoms with van der Waals surface area (Å²) in [6.45, 7) is 0.931. The molecule has 0 amide bonds. The highest BCUT2D eigenvalue weighted by Gasteiger charge is 2.17. The molecule has 0 radical (unpaired) electrons. The van der Waals surface area contributed by atoms with Crippen LogP contribution in [-0.4, -0.2) is 22.8 Å². The average Bonchev–Trinajstić information content (AvgIpc) is 2.70. The first-order chi connectivity index (χ1) is 14.3. The summed E-state index contributed by atoms with van der Waals surface area (Å²) in [7, 11) is 0. The number of halogens is 3. The topological polar surface area (TPSA) is 66.8 Å². The van der Waals surface area contributed by atoms with Crippen molar-refractivity contribution in [2.45, 2.75) is 19.8 Å². The molecule has 0 heterocycles. The van der Waals surface area contributed by atoms with E-state index in [-0.39, 0.29) is 29.9 Å². The number of carbonyl (C=O) groups is 1. The molecule has 3 rings (SSSR count). The highest BCUT2D eigenvalue weighted by molar-refractivity contribution is 5.68. The van der Waals surface area contributed by atoms with E-state index in [0.29, 0.717) is 22.3 Å². The molecule has 0 fully saturated rings. The fraction of sp³-hybridized carbons (Fsp3) is 0.174. The predicted octanol–water partition coefficient (Wildman–Crippen LogP) is 5.03. The van der Waals surface area contributed by atoms with Crippen LogP contribution in [0, 0.1) is 24.4 Å². The number of carboxylic acids is 1. The number of benzene rings is 3. The van der Waals surface area contributed by atoms with Gasteiger partial charge in [0.1, 0.15) is 17.4 Å². The maximum absolute atomic E-state index is 14.6. The molecule has 156 valence electrons. The number of aliphatic carboxylic acids is 1. The number of hydrogen-bond acceptors (Lipinski definition) is 3. The molecular weight excluding hydrogens is 397 g/mol. The lowest BCUT2D eigenvalue weighted by atomic mass is 9.95. The maximum Gasteiger partial charge on any atom is 0.341 e. The molecule has 3 aromatic rings. The van der Waals surface area contributed by atoms with Crippen molar-refractivity contribution in [2.75, 3.05) is 6.61 Å². The lowest BCUT2D eigenvalue weighted by Crippen LogP contribution is -2.11. The number of phenols is 1. The van der Waals surface area contributed by atoms with Crippen LogP contribution in [0.4, 0.5) is 13.2 Å². The Balaban J connectivity index is 1.89. The zero-order chi connectivity index (χ0) is 21.8. The van der Waals surface area contributed by atoms with Gasteiger partial charge in [-0.1, -0.05) is 12.1 Å². The second-order valence-electron chi connectivity index (χ2n) is 6.83. The number of phenolic OH excluding ortho intramolecular Hbond substituents is 1. The highest BCUT2D eigenvalue weighted by atomic mass is 19.1. The molecule has 0 unspecified atom stereocenters. The van der Waals surface area contributed by atoms with Crippen LogP contribution in [0.1, 0.15) is 16.7 Å². The first-order valence-corrected chi connectivity index (χ1v) is 9.16. The predicted molar refractivity (Wildman–Crippen MR) is 105 cm³/mol. The molecule has 30 heavy (non-hydrogen) atoms. The third-order valence-corrected chi connectivity index (χ3v) is 4.68. The first-order valence-electron chi connectivity index (χ1n) is 9.16. The number of ether oxygens (including phenoxy) is 1. The van der Waals surface area contributed by atoms with Gasteiger partial charge in [0.2, 0.25) is 0 Å². The maximum atomic E-state index is 14.6. The molecule has 4 nitrogen and oxygen atoms in total. The monoisotopic (exact) mass is 416 g/mol. The van der Waals surface area contributed by atoms with Crippen LogP contribution in [0.25, 0.3) is 11.1 Å². The van der Waals surface area contributed by atoms with Crippen LogP contribution < -0.4 is 4.74 Å². The van der Waals surface area contributed by atoms with Gasteiger partial charge in [0.15, 0.2) is 18.2 Å². The zero-order valence-electron chi connectivity index (χ0n) is 16.1. The number of aromatic hydroxyl groups is 1. The first kappa shape index (κ1) is 21.2. The van der Waals surface area contributed by atoms with Gasteiger partial charge in [0, 0.05) is 5.56 Å². The molecule has 0 saturated carbocycles. The summed E-state index contributed by atoms with van der Waals surface area (Å²) >= 11 is 0. The van der Waals surface area contributed by atoms with E-state index >= 15 is 0 Å². The van der Waals surface area contributed by atoms with Crippen LogP contribution >= 0.6 is 0 Å². The molecule has 0 aliphatic carbocycles. The molecule has 0 aromatic heterocycles. The standard InChI is InChI=1S/C23H19F3O4/c1-13-9-16(14-3-2-4-17(24)11-14)10-15(23(13)29)5-6-18-19(25)7-8-20(22(18)26)30-12-21(27)28/h2-4,7-11,29H,5-6,12H2,1H3,(H,27,28). The highest BCUT2D eigenvalue weighted by Crippen LogP contribution is 2.32. The lowest BCUT2D eigenvalue weighted by molar-refractivity contribution is -0.139. The van der Waals surface area contributed by atoms with Gasteiger partial charge in [-0.05, 0) is 78.4 Å². The molecule has 7 heteroatoms. The summed E-state index contributed by atoms with van der Waals surface area (Å²) < 4.78 is 47.2. The summed E-state index contributed by atoms with van der Waals surface area (Å²) in [6, 6.07) is 11.4. The van der Waals surface area contributed by atoms with E-state index < -0.39 is 30.0 Å². The van der Waals surface area contributed by atoms with Crippen LogP contribution in [0.15, 0.2) is 48.5 Å². The van der Waals surface area contributed by atoms with E-state index in [1.807, 2.05) is 0 Å². The minimum Gasteiger partial charge on any atom is -0.507 e. The number of carboxylic acid groups (broad SMARTS) is 1. The fourth-order valence-electron chi connectivity index (χ4n) is 3.19. The third kappa shape index (κ3) is 4.74. The van der Waals surface area contributed by atoms with Crippen molar-refractivity contribution in [2.24, 2.45) is 0 Å². The SMILES string of the molecule is Cc1cc(-c2cccc(F)c2)cc(CCc2c(F)ccc(OCC(=O)O)c2F)c1O. The quantitative estimate of drug-likeness (QED) is 0.567. The van der Waals surface area contributed by atoms with Gasteiger partial charge < -0.3 is 14.9 Å². The Morgan fingerprint density at radius 1 is 1.00 bits per heavy atom. The summed E-state index contributed by atoms with van der Waals surface area (Å²) in [5, 5.41) is 19.1. The molecule has 2 N–H and O–H groups in total. The van der Waals surface area contributed by atoms with Crippen molar-refractivity contribution < 1.29 is 32.9 Å². The normalized spacial score (nSPS) is 10.8. The van der Waals surface area contributed by atoms with Gasteiger partial charge in [-0.15, -0.1) is 0 Å². The summed E-state index contributed by atoms with van der Waals surface area (Å²) in [5.41, 5.74) is 2.00. The molecule has 0 bridgehead atoms. The van der Waals surface area contributed by atoms with Gasteiger partial charge in [0.05, 0.1) is 0 Å². The largest absolute Gasteiger partial charge is 0.507 e. The van der Waals surface area contributed by atoms with Crippen molar-refractivity contribution in [3.8, 4) is 22.6 Å². The summed E-state index contributed by atoms with van der Waals surface area (Å²) in [4.78, 5) is 10.6. The van der Waals surface area contributed by atoms with E-state index in [2.05, 4.69) is 0 Å². The van der Waals surface area contributed by atoms with E-state index in [1.54, 1.807) is 31.2 Å². The molecular formula is C23H19F3O4. The van der Waals surface area contributed by atoms with E-state index in [1.165, 1.54) is 12.1 Å². The van der Waals surface area contributed by atoms with Crippen LogP contribution in [0.3, 0.4) is 0 Å². The summed E-state index contributed by atoms with van der Waals surface area (Å²) in [6.07, 6.45) is 0.00753. The van der Waals surface area contributed by atoms with E-state index in [0.717, 1.165) is 12.1 Å². The van der Waals surface area contributed by atoms with Crippen molar-refractivity contribution in [3.05, 3.63) is 82.7 Å². The van der Waals surface area contributed by atoms with Gasteiger partial charge in [-0.2, -0.15) is 0 Å². The van der Waals surface area contributed by atoms with Crippen molar-refractivity contribution >= 4 is 5.97 Å². The van der Waals surface area contributed by atoms with Crippen LogP contribution in [-0.2, 0) is 17.6 Å². The Labute approximate surface area is 171 Å². The average molecular weight is 416 g/mol. The fourth-order valence-corrected chi connectivity index (χ4v) is 3.19. The van der Waals surface area contributed by atoms with Gasteiger partial charge in [-0.25, -0.2) is 18.0 Å². The van der Waals surface area contributed by atoms with Crippen molar-refractivity contribution in [1.82, 2.24) is 0 Å². The Kier molecular flexibility index (Phi) is 6.30. The van der Waals surface area contributed by atoms with E-state index in [4.69, 9.17) is 9.84 Å². The van der Waals surface area contributed by atoms with Gasteiger partial charge >= 0.3 is 5.97 Å². The zero-order valence-corrected chi connectivity index (χ0v) is 16.1. The molecule has 3 aromatic carbocycles.